The molecule has 0 aliphatic heterocycles. The van der Waals surface area contributed by atoms with Crippen LogP contribution in [0.2, 0.25) is 0 Å². The van der Waals surface area contributed by atoms with Crippen LogP contribution >= 0.6 is 60.9 Å². The van der Waals surface area contributed by atoms with Gasteiger partial charge >= 0.3 is 0 Å². The van der Waals surface area contributed by atoms with Crippen molar-refractivity contribution in [3.8, 4) is 0 Å². The van der Waals surface area contributed by atoms with Crippen molar-refractivity contribution < 1.29 is 0 Å². The zero-order valence-corrected chi connectivity index (χ0v) is 12.2. The van der Waals surface area contributed by atoms with Gasteiger partial charge in [0, 0.05) is 11.5 Å². The first kappa shape index (κ1) is 14.1. The van der Waals surface area contributed by atoms with Gasteiger partial charge in [0.1, 0.15) is 0 Å². The van der Waals surface area contributed by atoms with Crippen molar-refractivity contribution in [2.24, 2.45) is 0 Å². The molecule has 0 fully saturated rings. The Morgan fingerprint density at radius 3 is 1.42 bits per heavy atom. The van der Waals surface area contributed by atoms with Crippen molar-refractivity contribution >= 4 is 60.9 Å². The van der Waals surface area contributed by atoms with E-state index in [-0.39, 0.29) is 0 Å². The summed E-state index contributed by atoms with van der Waals surface area (Å²) in [7, 11) is 11.5. The maximum Gasteiger partial charge on any atom is 0.00428 e. The lowest BCUT2D eigenvalue weighted by Gasteiger charge is -1.97. The Kier molecular flexibility index (Phi) is 15.4. The standard InChI is InChI=1S/C6H14S6/c1-3-5-7-9-11-12-10-8-6-4-2/h3-6H2,1-2H3. The minimum Gasteiger partial charge on any atom is -0.0817 e. The van der Waals surface area contributed by atoms with Crippen LogP contribution in [0.5, 0.6) is 0 Å². The van der Waals surface area contributed by atoms with Crippen LogP contribution < -0.4 is 0 Å². The molecule has 0 N–H and O–H groups in total. The maximum atomic E-state index is 2.22. The second-order valence-electron chi connectivity index (χ2n) is 1.92. The second kappa shape index (κ2) is 13.1. The summed E-state index contributed by atoms with van der Waals surface area (Å²) in [5.74, 6) is 2.54. The number of hydrogen-bond acceptors (Lipinski definition) is 6. The predicted octanol–water partition coefficient (Wildman–Crippen LogP) is 5.78. The quantitative estimate of drug-likeness (QED) is 0.384. The highest BCUT2D eigenvalue weighted by Crippen LogP contribution is 2.52. The molecule has 0 saturated carbocycles. The molecule has 0 aliphatic rings. The molecule has 12 heavy (non-hydrogen) atoms. The molecular formula is C6H14S6. The van der Waals surface area contributed by atoms with E-state index in [1.807, 2.05) is 60.9 Å². The van der Waals surface area contributed by atoms with Crippen LogP contribution in [0.15, 0.2) is 0 Å². The van der Waals surface area contributed by atoms with E-state index in [9.17, 15) is 0 Å². The van der Waals surface area contributed by atoms with Crippen LogP contribution in [-0.4, -0.2) is 11.5 Å². The van der Waals surface area contributed by atoms with Crippen molar-refractivity contribution in [3.63, 3.8) is 0 Å². The van der Waals surface area contributed by atoms with Gasteiger partial charge in [-0.25, -0.2) is 0 Å². The van der Waals surface area contributed by atoms with E-state index in [1.54, 1.807) is 0 Å². The molecule has 0 aromatic rings. The first-order valence-corrected chi connectivity index (χ1v) is 11.6. The van der Waals surface area contributed by atoms with Gasteiger partial charge in [0.25, 0.3) is 0 Å². The van der Waals surface area contributed by atoms with Crippen molar-refractivity contribution in [2.45, 2.75) is 26.7 Å². The third kappa shape index (κ3) is 12.1. The fourth-order valence-corrected chi connectivity index (χ4v) is 12.0. The topological polar surface area (TPSA) is 0 Å². The van der Waals surface area contributed by atoms with Gasteiger partial charge in [-0.2, -0.15) is 0 Å². The van der Waals surface area contributed by atoms with E-state index in [1.165, 1.54) is 24.3 Å². The maximum absolute atomic E-state index is 2.22. The van der Waals surface area contributed by atoms with Crippen LogP contribution in [0.3, 0.4) is 0 Å². The molecule has 0 spiro atoms. The van der Waals surface area contributed by atoms with Crippen molar-refractivity contribution in [1.29, 1.82) is 0 Å². The van der Waals surface area contributed by atoms with Crippen molar-refractivity contribution in [2.75, 3.05) is 11.5 Å². The summed E-state index contributed by atoms with van der Waals surface area (Å²) in [6.45, 7) is 4.44. The van der Waals surface area contributed by atoms with E-state index in [2.05, 4.69) is 13.8 Å². The van der Waals surface area contributed by atoms with E-state index >= 15 is 0 Å². The summed E-state index contributed by atoms with van der Waals surface area (Å²) in [5.41, 5.74) is 0. The zero-order valence-electron chi connectivity index (χ0n) is 7.28. The summed E-state index contributed by atoms with van der Waals surface area (Å²) in [6, 6.07) is 0. The Bertz CT molecular complexity index is 68.4. The van der Waals surface area contributed by atoms with Crippen LogP contribution in [0, 0.1) is 0 Å². The average Bonchev–Trinajstić information content (AvgIpc) is 2.10. The second-order valence-corrected chi connectivity index (χ2v) is 11.7. The van der Waals surface area contributed by atoms with Crippen LogP contribution in [0.4, 0.5) is 0 Å². The van der Waals surface area contributed by atoms with Crippen LogP contribution in [0.25, 0.3) is 0 Å². The van der Waals surface area contributed by atoms with E-state index in [4.69, 9.17) is 0 Å². The summed E-state index contributed by atoms with van der Waals surface area (Å²) >= 11 is 0. The first-order valence-electron chi connectivity index (χ1n) is 3.82. The molecule has 0 bridgehead atoms. The monoisotopic (exact) mass is 278 g/mol. The molecule has 0 atom stereocenters. The molecular weight excluding hydrogens is 264 g/mol. The Morgan fingerprint density at radius 1 is 0.667 bits per heavy atom. The minimum atomic E-state index is 1.27. The lowest BCUT2D eigenvalue weighted by Crippen LogP contribution is -1.64. The summed E-state index contributed by atoms with van der Waals surface area (Å²) < 4.78 is 0. The van der Waals surface area contributed by atoms with Gasteiger partial charge in [0.15, 0.2) is 0 Å². The molecule has 0 unspecified atom stereocenters. The number of rotatable bonds is 9. The molecule has 0 amide bonds. The zero-order chi connectivity index (χ0) is 9.07. The highest BCUT2D eigenvalue weighted by atomic mass is 33.9. The molecule has 74 valence electrons. The van der Waals surface area contributed by atoms with Gasteiger partial charge in [0.2, 0.25) is 0 Å². The summed E-state index contributed by atoms with van der Waals surface area (Å²) in [4.78, 5) is 0. The Balaban J connectivity index is 2.73. The summed E-state index contributed by atoms with van der Waals surface area (Å²) in [6.07, 6.45) is 2.56. The van der Waals surface area contributed by atoms with E-state index in [0.717, 1.165) is 0 Å². The Morgan fingerprint density at radius 2 is 1.08 bits per heavy atom. The third-order valence-electron chi connectivity index (χ3n) is 0.754. The first-order chi connectivity index (χ1) is 5.91. The van der Waals surface area contributed by atoms with Gasteiger partial charge in [-0.05, 0) is 52.1 Å². The third-order valence-corrected chi connectivity index (χ3v) is 12.1. The van der Waals surface area contributed by atoms with Crippen LogP contribution in [-0.2, 0) is 0 Å². The van der Waals surface area contributed by atoms with Crippen LogP contribution in [0.1, 0.15) is 26.7 Å². The van der Waals surface area contributed by atoms with Gasteiger partial charge < -0.3 is 0 Å². The minimum absolute atomic E-state index is 1.27. The highest BCUT2D eigenvalue weighted by Gasteiger charge is 1.93. The van der Waals surface area contributed by atoms with Gasteiger partial charge in [-0.15, -0.1) is 0 Å². The molecule has 0 aromatic carbocycles. The van der Waals surface area contributed by atoms with Crippen molar-refractivity contribution in [3.05, 3.63) is 0 Å². The molecule has 0 aliphatic carbocycles. The van der Waals surface area contributed by atoms with E-state index < -0.39 is 0 Å². The molecule has 0 heterocycles. The highest BCUT2D eigenvalue weighted by molar-refractivity contribution is 9.41. The van der Waals surface area contributed by atoms with Gasteiger partial charge in [-0.3, -0.25) is 0 Å². The van der Waals surface area contributed by atoms with Gasteiger partial charge in [-0.1, -0.05) is 35.4 Å². The van der Waals surface area contributed by atoms with Gasteiger partial charge in [0.05, 0.1) is 0 Å². The van der Waals surface area contributed by atoms with Crippen molar-refractivity contribution in [1.82, 2.24) is 0 Å². The Hall–Kier alpha value is 2.10. The lowest BCUT2D eigenvalue weighted by atomic mass is 10.6. The smallest absolute Gasteiger partial charge is 0.00428 e. The lowest BCUT2D eigenvalue weighted by molar-refractivity contribution is 1.11. The molecule has 0 nitrogen and oxygen atoms in total. The largest absolute Gasteiger partial charge is 0.0817 e. The molecule has 6 heteroatoms. The average molecular weight is 279 g/mol. The Labute approximate surface area is 98.3 Å². The predicted molar refractivity (Wildman–Crippen MR) is 75.9 cm³/mol. The SMILES string of the molecule is CCCSSSSSSCCC. The summed E-state index contributed by atoms with van der Waals surface area (Å²) in [5, 5.41) is 0. The number of hydrogen-bond donors (Lipinski definition) is 0. The molecule has 0 saturated heterocycles. The fourth-order valence-electron chi connectivity index (χ4n) is 0.297. The molecule has 0 radical (unpaired) electrons. The molecule has 0 aromatic heterocycles. The molecule has 0 rings (SSSR count). The van der Waals surface area contributed by atoms with E-state index in [0.29, 0.717) is 0 Å². The fraction of sp³-hybridized carbons (Fsp3) is 1.00. The normalized spacial score (nSPS) is 10.5.